The third-order valence-electron chi connectivity index (χ3n) is 5.14. The highest BCUT2D eigenvalue weighted by Crippen LogP contribution is 2.27. The number of rotatable bonds is 7. The van der Waals surface area contributed by atoms with Gasteiger partial charge in [-0.1, -0.05) is 13.0 Å². The number of hydrogen-bond donors (Lipinski definition) is 1. The number of piperidine rings is 1. The Morgan fingerprint density at radius 2 is 1.86 bits per heavy atom. The lowest BCUT2D eigenvalue weighted by molar-refractivity contribution is 0.0948. The Morgan fingerprint density at radius 1 is 1.11 bits per heavy atom. The van der Waals surface area contributed by atoms with E-state index in [0.29, 0.717) is 30.2 Å². The number of aromatic nitrogens is 2. The smallest absolute Gasteiger partial charge is 0.271 e. The van der Waals surface area contributed by atoms with Crippen molar-refractivity contribution in [1.29, 1.82) is 0 Å². The van der Waals surface area contributed by atoms with Gasteiger partial charge in [0, 0.05) is 19.6 Å². The summed E-state index contributed by atoms with van der Waals surface area (Å²) in [7, 11) is 3.21. The van der Waals surface area contributed by atoms with E-state index in [1.807, 2.05) is 24.3 Å². The summed E-state index contributed by atoms with van der Waals surface area (Å²) >= 11 is 0. The van der Waals surface area contributed by atoms with Gasteiger partial charge in [0.15, 0.2) is 23.0 Å². The van der Waals surface area contributed by atoms with Gasteiger partial charge < -0.3 is 19.7 Å². The fourth-order valence-electron chi connectivity index (χ4n) is 3.30. The van der Waals surface area contributed by atoms with Gasteiger partial charge in [-0.25, -0.2) is 0 Å². The highest BCUT2D eigenvalue weighted by molar-refractivity contribution is 5.92. The standard InChI is InChI=1S/C21H28N4O3/c1-15-9-12-25(13-10-15)20-7-5-17(23-24-20)21(26)22-11-8-16-4-6-18(27-2)19(14-16)28-3/h4-7,14-15H,8-13H2,1-3H3,(H,22,26). The van der Waals surface area contributed by atoms with Crippen molar-refractivity contribution in [3.05, 3.63) is 41.6 Å². The molecule has 0 aliphatic carbocycles. The zero-order valence-electron chi connectivity index (χ0n) is 16.8. The van der Waals surface area contributed by atoms with E-state index in [0.717, 1.165) is 30.4 Å². The molecule has 1 aliphatic heterocycles. The number of amides is 1. The molecule has 1 aromatic carbocycles. The summed E-state index contributed by atoms with van der Waals surface area (Å²) in [5.74, 6) is 2.76. The summed E-state index contributed by atoms with van der Waals surface area (Å²) in [4.78, 5) is 14.5. The summed E-state index contributed by atoms with van der Waals surface area (Å²) in [6.07, 6.45) is 3.02. The first-order valence-corrected chi connectivity index (χ1v) is 9.68. The summed E-state index contributed by atoms with van der Waals surface area (Å²) < 4.78 is 10.5. The molecule has 1 aromatic heterocycles. The van der Waals surface area contributed by atoms with Crippen molar-refractivity contribution < 1.29 is 14.3 Å². The van der Waals surface area contributed by atoms with Crippen LogP contribution in [-0.4, -0.2) is 50.0 Å². The second kappa shape index (κ2) is 9.39. The second-order valence-electron chi connectivity index (χ2n) is 7.14. The molecule has 0 unspecified atom stereocenters. The number of ether oxygens (including phenoxy) is 2. The van der Waals surface area contributed by atoms with E-state index in [1.165, 1.54) is 12.8 Å². The molecular formula is C21H28N4O3. The molecule has 1 amide bonds. The lowest BCUT2D eigenvalue weighted by Crippen LogP contribution is -2.34. The molecular weight excluding hydrogens is 356 g/mol. The van der Waals surface area contributed by atoms with Crippen LogP contribution in [0.5, 0.6) is 11.5 Å². The predicted molar refractivity (Wildman–Crippen MR) is 108 cm³/mol. The quantitative estimate of drug-likeness (QED) is 0.791. The third-order valence-corrected chi connectivity index (χ3v) is 5.14. The van der Waals surface area contributed by atoms with Crippen LogP contribution < -0.4 is 19.7 Å². The maximum Gasteiger partial charge on any atom is 0.271 e. The number of nitrogens with zero attached hydrogens (tertiary/aromatic N) is 3. The Hall–Kier alpha value is -2.83. The molecule has 2 aromatic rings. The molecule has 1 fully saturated rings. The van der Waals surface area contributed by atoms with Gasteiger partial charge in [-0.2, -0.15) is 0 Å². The van der Waals surface area contributed by atoms with Gasteiger partial charge in [-0.3, -0.25) is 4.79 Å². The molecule has 1 saturated heterocycles. The molecule has 7 nitrogen and oxygen atoms in total. The second-order valence-corrected chi connectivity index (χ2v) is 7.14. The Balaban J connectivity index is 1.51. The molecule has 0 atom stereocenters. The van der Waals surface area contributed by atoms with Crippen LogP contribution in [0.2, 0.25) is 0 Å². The van der Waals surface area contributed by atoms with E-state index < -0.39 is 0 Å². The van der Waals surface area contributed by atoms with Crippen LogP contribution in [-0.2, 0) is 6.42 Å². The average Bonchev–Trinajstić information content (AvgIpc) is 2.74. The van der Waals surface area contributed by atoms with Gasteiger partial charge in [-0.15, -0.1) is 10.2 Å². The van der Waals surface area contributed by atoms with Crippen molar-refractivity contribution in [2.75, 3.05) is 38.8 Å². The molecule has 0 bridgehead atoms. The fourth-order valence-corrected chi connectivity index (χ4v) is 3.30. The minimum atomic E-state index is -0.216. The number of anilines is 1. The maximum atomic E-state index is 12.3. The molecule has 150 valence electrons. The van der Waals surface area contributed by atoms with E-state index in [9.17, 15) is 4.79 Å². The molecule has 3 rings (SSSR count). The normalized spacial score (nSPS) is 14.6. The van der Waals surface area contributed by atoms with E-state index in [4.69, 9.17) is 9.47 Å². The van der Waals surface area contributed by atoms with Crippen LogP contribution in [0.1, 0.15) is 35.8 Å². The number of carbonyl (C=O) groups is 1. The number of nitrogens with one attached hydrogen (secondary N) is 1. The van der Waals surface area contributed by atoms with Crippen molar-refractivity contribution in [1.82, 2.24) is 15.5 Å². The molecule has 28 heavy (non-hydrogen) atoms. The van der Waals surface area contributed by atoms with E-state index in [-0.39, 0.29) is 5.91 Å². The molecule has 7 heteroatoms. The van der Waals surface area contributed by atoms with Gasteiger partial charge in [0.25, 0.3) is 5.91 Å². The molecule has 2 heterocycles. The first-order chi connectivity index (χ1) is 13.6. The molecule has 1 aliphatic rings. The predicted octanol–water partition coefficient (Wildman–Crippen LogP) is 2.70. The first-order valence-electron chi connectivity index (χ1n) is 9.68. The SMILES string of the molecule is COc1ccc(CCNC(=O)c2ccc(N3CCC(C)CC3)nn2)cc1OC. The molecule has 0 spiro atoms. The number of carbonyl (C=O) groups excluding carboxylic acids is 1. The Bertz CT molecular complexity index is 787. The largest absolute Gasteiger partial charge is 0.493 e. The van der Waals surface area contributed by atoms with Crippen LogP contribution in [0.3, 0.4) is 0 Å². The zero-order valence-corrected chi connectivity index (χ0v) is 16.8. The average molecular weight is 384 g/mol. The van der Waals surface area contributed by atoms with E-state index in [1.54, 1.807) is 20.3 Å². The Morgan fingerprint density at radius 3 is 2.50 bits per heavy atom. The molecule has 1 N–H and O–H groups in total. The van der Waals surface area contributed by atoms with Crippen molar-refractivity contribution in [3.8, 4) is 11.5 Å². The Labute approximate surface area is 166 Å². The summed E-state index contributed by atoms with van der Waals surface area (Å²) in [5.41, 5.74) is 1.39. The van der Waals surface area contributed by atoms with Gasteiger partial charge in [-0.05, 0) is 55.0 Å². The van der Waals surface area contributed by atoms with Crippen LogP contribution in [0, 0.1) is 5.92 Å². The molecule has 0 saturated carbocycles. The third kappa shape index (κ3) is 4.91. The minimum absolute atomic E-state index is 0.216. The number of hydrogen-bond acceptors (Lipinski definition) is 6. The fraction of sp³-hybridized carbons (Fsp3) is 0.476. The van der Waals surface area contributed by atoms with E-state index >= 15 is 0 Å². The van der Waals surface area contributed by atoms with Gasteiger partial charge in [0.1, 0.15) is 0 Å². The first kappa shape index (κ1) is 19.9. The highest BCUT2D eigenvalue weighted by Gasteiger charge is 2.18. The van der Waals surface area contributed by atoms with Crippen molar-refractivity contribution in [3.63, 3.8) is 0 Å². The van der Waals surface area contributed by atoms with Gasteiger partial charge in [0.2, 0.25) is 0 Å². The molecule has 0 radical (unpaired) electrons. The zero-order chi connectivity index (χ0) is 19.9. The lowest BCUT2D eigenvalue weighted by atomic mass is 9.99. The van der Waals surface area contributed by atoms with Gasteiger partial charge >= 0.3 is 0 Å². The summed E-state index contributed by atoms with van der Waals surface area (Å²) in [6.45, 7) is 4.76. The van der Waals surface area contributed by atoms with Crippen LogP contribution in [0.4, 0.5) is 5.82 Å². The monoisotopic (exact) mass is 384 g/mol. The number of methoxy groups -OCH3 is 2. The minimum Gasteiger partial charge on any atom is -0.493 e. The summed E-state index contributed by atoms with van der Waals surface area (Å²) in [6, 6.07) is 9.36. The summed E-state index contributed by atoms with van der Waals surface area (Å²) in [5, 5.41) is 11.2. The van der Waals surface area contributed by atoms with Gasteiger partial charge in [0.05, 0.1) is 14.2 Å². The van der Waals surface area contributed by atoms with Crippen molar-refractivity contribution in [2.24, 2.45) is 5.92 Å². The maximum absolute atomic E-state index is 12.3. The van der Waals surface area contributed by atoms with Crippen molar-refractivity contribution >= 4 is 11.7 Å². The van der Waals surface area contributed by atoms with Crippen LogP contribution >= 0.6 is 0 Å². The topological polar surface area (TPSA) is 76.6 Å². The lowest BCUT2D eigenvalue weighted by Gasteiger charge is -2.30. The van der Waals surface area contributed by atoms with Crippen LogP contribution in [0.15, 0.2) is 30.3 Å². The van der Waals surface area contributed by atoms with Crippen LogP contribution in [0.25, 0.3) is 0 Å². The van der Waals surface area contributed by atoms with Crippen molar-refractivity contribution in [2.45, 2.75) is 26.2 Å². The highest BCUT2D eigenvalue weighted by atomic mass is 16.5. The number of benzene rings is 1. The Kier molecular flexibility index (Phi) is 6.68. The van der Waals surface area contributed by atoms with E-state index in [2.05, 4.69) is 27.3 Å².